The summed E-state index contributed by atoms with van der Waals surface area (Å²) in [5.41, 5.74) is 19.1. The molecular formula is C26H24N10. The number of aromatic amines is 2. The van der Waals surface area contributed by atoms with Crippen LogP contribution in [0.2, 0.25) is 0 Å². The smallest absolute Gasteiger partial charge is 0.204 e. The number of nitrogen functional groups attached to an aromatic ring is 2. The van der Waals surface area contributed by atoms with Gasteiger partial charge >= 0.3 is 0 Å². The zero-order chi connectivity index (χ0) is 25.1. The van der Waals surface area contributed by atoms with Crippen LogP contribution in [0, 0.1) is 0 Å². The monoisotopic (exact) mass is 476 g/mol. The minimum atomic E-state index is 0.198. The largest absolute Gasteiger partial charge is 0.384 e. The lowest BCUT2D eigenvalue weighted by Crippen LogP contribution is -2.00. The first-order chi connectivity index (χ1) is 17.5. The summed E-state index contributed by atoms with van der Waals surface area (Å²) in [6.45, 7) is 6.22. The number of H-pyrrole nitrogens is 2. The molecule has 0 aliphatic rings. The maximum Gasteiger partial charge on any atom is 0.204 e. The molecule has 1 atom stereocenters. The Hall–Kier alpha value is -5.12. The van der Waals surface area contributed by atoms with Gasteiger partial charge in [-0.05, 0) is 34.4 Å². The molecule has 10 heteroatoms. The van der Waals surface area contributed by atoms with E-state index in [0.29, 0.717) is 28.4 Å². The van der Waals surface area contributed by atoms with Crippen LogP contribution in [0.1, 0.15) is 35.1 Å². The number of nitrogens with two attached hydrogens (primary N) is 2. The van der Waals surface area contributed by atoms with Crippen LogP contribution in [0.3, 0.4) is 0 Å². The molecule has 0 aliphatic heterocycles. The number of hydrogen-bond acceptors (Lipinski definition) is 8. The average Bonchev–Trinajstić information content (AvgIpc) is 3.58. The van der Waals surface area contributed by atoms with Crippen molar-refractivity contribution in [1.82, 2.24) is 40.8 Å². The van der Waals surface area contributed by atoms with Gasteiger partial charge in [0.1, 0.15) is 22.7 Å². The number of aromatic nitrogens is 8. The van der Waals surface area contributed by atoms with Crippen LogP contribution in [-0.4, -0.2) is 40.8 Å². The van der Waals surface area contributed by atoms with Crippen molar-refractivity contribution < 1.29 is 0 Å². The van der Waals surface area contributed by atoms with Crippen molar-refractivity contribution in [2.45, 2.75) is 12.8 Å². The zero-order valence-corrected chi connectivity index (χ0v) is 19.6. The van der Waals surface area contributed by atoms with Gasteiger partial charge in [0.2, 0.25) is 11.3 Å². The summed E-state index contributed by atoms with van der Waals surface area (Å²) < 4.78 is 0. The van der Waals surface area contributed by atoms with Crippen LogP contribution >= 0.6 is 0 Å². The Balaban J connectivity index is 0.000000148. The molecule has 2 aromatic carbocycles. The maximum absolute atomic E-state index is 5.81. The SMILES string of the molecule is C=C(c1ccccc1)c1cc(N)nc2n[nH]nc12.CC(c1ccccc1)c1cc(N)nc2n[nH]nc12. The van der Waals surface area contributed by atoms with Crippen molar-refractivity contribution in [3.63, 3.8) is 0 Å². The third-order valence-corrected chi connectivity index (χ3v) is 5.87. The maximum atomic E-state index is 5.81. The molecule has 0 aliphatic carbocycles. The highest BCUT2D eigenvalue weighted by molar-refractivity contribution is 5.92. The van der Waals surface area contributed by atoms with Gasteiger partial charge in [-0.25, -0.2) is 9.97 Å². The predicted molar refractivity (Wildman–Crippen MR) is 141 cm³/mol. The fourth-order valence-corrected chi connectivity index (χ4v) is 4.01. The molecule has 4 heterocycles. The van der Waals surface area contributed by atoms with E-state index in [1.54, 1.807) is 6.07 Å². The molecule has 0 saturated heterocycles. The lowest BCUT2D eigenvalue weighted by molar-refractivity contribution is 0.917. The Morgan fingerprint density at radius 2 is 1.31 bits per heavy atom. The van der Waals surface area contributed by atoms with Crippen molar-refractivity contribution in [2.75, 3.05) is 11.5 Å². The predicted octanol–water partition coefficient (Wildman–Crippen LogP) is 4.08. The number of rotatable bonds is 4. The minimum absolute atomic E-state index is 0.198. The van der Waals surface area contributed by atoms with Crippen molar-refractivity contribution in [3.8, 4) is 0 Å². The van der Waals surface area contributed by atoms with Gasteiger partial charge in [0.15, 0.2) is 0 Å². The lowest BCUT2D eigenvalue weighted by atomic mass is 9.93. The van der Waals surface area contributed by atoms with Gasteiger partial charge in [-0.1, -0.05) is 74.2 Å². The Labute approximate surface area is 206 Å². The highest BCUT2D eigenvalue weighted by Gasteiger charge is 2.16. The van der Waals surface area contributed by atoms with Crippen LogP contribution in [-0.2, 0) is 0 Å². The van der Waals surface area contributed by atoms with Gasteiger partial charge < -0.3 is 11.5 Å². The highest BCUT2D eigenvalue weighted by atomic mass is 15.3. The van der Waals surface area contributed by atoms with E-state index in [1.807, 2.05) is 54.6 Å². The fourth-order valence-electron chi connectivity index (χ4n) is 4.01. The van der Waals surface area contributed by atoms with Crippen LogP contribution in [0.15, 0.2) is 79.4 Å². The number of nitrogens with zero attached hydrogens (tertiary/aromatic N) is 6. The van der Waals surface area contributed by atoms with E-state index >= 15 is 0 Å². The molecule has 6 aromatic rings. The average molecular weight is 477 g/mol. The van der Waals surface area contributed by atoms with Gasteiger partial charge in [0.05, 0.1) is 0 Å². The molecule has 0 fully saturated rings. The van der Waals surface area contributed by atoms with Crippen LogP contribution < -0.4 is 11.5 Å². The molecular weight excluding hydrogens is 452 g/mol. The van der Waals surface area contributed by atoms with Crippen molar-refractivity contribution >= 4 is 39.5 Å². The molecule has 0 radical (unpaired) electrons. The molecule has 36 heavy (non-hydrogen) atoms. The highest BCUT2D eigenvalue weighted by Crippen LogP contribution is 2.29. The van der Waals surface area contributed by atoms with E-state index < -0.39 is 0 Å². The Morgan fingerprint density at radius 1 is 0.750 bits per heavy atom. The number of fused-ring (bicyclic) bond motifs is 2. The van der Waals surface area contributed by atoms with Gasteiger partial charge in [-0.2, -0.15) is 20.6 Å². The zero-order valence-electron chi connectivity index (χ0n) is 19.6. The van der Waals surface area contributed by atoms with E-state index in [1.165, 1.54) is 5.56 Å². The summed E-state index contributed by atoms with van der Waals surface area (Å²) in [5, 5.41) is 21.3. The summed E-state index contributed by atoms with van der Waals surface area (Å²) in [6.07, 6.45) is 0. The van der Waals surface area contributed by atoms with Crippen LogP contribution in [0.4, 0.5) is 11.6 Å². The first kappa shape index (κ1) is 22.7. The van der Waals surface area contributed by atoms with Crippen molar-refractivity contribution in [2.24, 2.45) is 0 Å². The summed E-state index contributed by atoms with van der Waals surface area (Å²) in [5.74, 6) is 1.07. The normalized spacial score (nSPS) is 11.7. The Morgan fingerprint density at radius 3 is 1.97 bits per heavy atom. The first-order valence-electron chi connectivity index (χ1n) is 11.2. The topological polar surface area (TPSA) is 161 Å². The molecule has 178 valence electrons. The number of hydrogen-bond donors (Lipinski definition) is 4. The van der Waals surface area contributed by atoms with E-state index in [0.717, 1.165) is 27.8 Å². The van der Waals surface area contributed by atoms with E-state index in [4.69, 9.17) is 11.5 Å². The molecule has 6 N–H and O–H groups in total. The van der Waals surface area contributed by atoms with Gasteiger partial charge in [-0.3, -0.25) is 0 Å². The number of nitrogens with one attached hydrogen (secondary N) is 2. The second kappa shape index (κ2) is 9.63. The van der Waals surface area contributed by atoms with Crippen LogP contribution in [0.5, 0.6) is 0 Å². The molecule has 0 spiro atoms. The summed E-state index contributed by atoms with van der Waals surface area (Å²) in [4.78, 5) is 8.25. The molecule has 0 bridgehead atoms. The molecule has 0 saturated carbocycles. The fraction of sp³-hybridized carbons (Fsp3) is 0.0769. The van der Waals surface area contributed by atoms with Gasteiger partial charge in [0.25, 0.3) is 0 Å². The molecule has 10 nitrogen and oxygen atoms in total. The quantitative estimate of drug-likeness (QED) is 0.296. The van der Waals surface area contributed by atoms with E-state index in [9.17, 15) is 0 Å². The van der Waals surface area contributed by atoms with Crippen molar-refractivity contribution in [3.05, 3.63) is 102 Å². The second-order valence-corrected chi connectivity index (χ2v) is 8.20. The number of pyridine rings is 2. The number of benzene rings is 2. The molecule has 6 rings (SSSR count). The second-order valence-electron chi connectivity index (χ2n) is 8.20. The third-order valence-electron chi connectivity index (χ3n) is 5.87. The van der Waals surface area contributed by atoms with Gasteiger partial charge in [0, 0.05) is 11.5 Å². The Kier molecular flexibility index (Phi) is 6.06. The minimum Gasteiger partial charge on any atom is -0.384 e. The number of anilines is 2. The van der Waals surface area contributed by atoms with Crippen molar-refractivity contribution in [1.29, 1.82) is 0 Å². The summed E-state index contributed by atoms with van der Waals surface area (Å²) in [6, 6.07) is 23.7. The standard InChI is InChI=1S/C13H13N5.C13H11N5/c2*1-8(9-5-3-2-4-6-9)10-7-11(14)15-13-12(10)16-18-17-13/h2-8H,1H3,(H3,14,15,16,17,18);2-7H,1H2,(H3,14,15,16,17,18). The molecule has 0 amide bonds. The lowest BCUT2D eigenvalue weighted by Gasteiger charge is -2.12. The molecule has 4 aromatic heterocycles. The molecule has 1 unspecified atom stereocenters. The third kappa shape index (κ3) is 4.47. The summed E-state index contributed by atoms with van der Waals surface area (Å²) >= 11 is 0. The summed E-state index contributed by atoms with van der Waals surface area (Å²) in [7, 11) is 0. The first-order valence-corrected chi connectivity index (χ1v) is 11.2. The van der Waals surface area contributed by atoms with E-state index in [2.05, 4.69) is 66.4 Å². The van der Waals surface area contributed by atoms with Gasteiger partial charge in [-0.15, -0.1) is 10.2 Å². The Bertz CT molecular complexity index is 1640. The van der Waals surface area contributed by atoms with Crippen LogP contribution in [0.25, 0.3) is 27.9 Å². The van der Waals surface area contributed by atoms with E-state index in [-0.39, 0.29) is 5.92 Å².